The zero-order chi connectivity index (χ0) is 13.0. The number of aromatic hydroxyl groups is 2. The molecule has 1 saturated carbocycles. The van der Waals surface area contributed by atoms with Crippen LogP contribution in [0.5, 0.6) is 11.5 Å². The van der Waals surface area contributed by atoms with Crippen LogP contribution in [0, 0.1) is 5.41 Å². The van der Waals surface area contributed by atoms with Crippen LogP contribution >= 0.6 is 0 Å². The van der Waals surface area contributed by atoms with Crippen LogP contribution in [0.4, 0.5) is 0 Å². The molecule has 3 nitrogen and oxygen atoms in total. The topological polar surface area (TPSA) is 52.5 Å². The van der Waals surface area contributed by atoms with Gasteiger partial charge in [-0.25, -0.2) is 0 Å². The Morgan fingerprint density at radius 1 is 1.11 bits per heavy atom. The molecule has 1 aromatic rings. The summed E-state index contributed by atoms with van der Waals surface area (Å²) in [7, 11) is 0. The maximum absolute atomic E-state index is 9.42. The Balaban J connectivity index is 1.82. The lowest BCUT2D eigenvalue weighted by atomic mass is 9.76. The molecule has 3 N–H and O–H groups in total. The van der Waals surface area contributed by atoms with E-state index < -0.39 is 0 Å². The predicted octanol–water partition coefficient (Wildman–Crippen LogP) is 3.16. The molecule has 1 fully saturated rings. The van der Waals surface area contributed by atoms with Crippen molar-refractivity contribution in [1.29, 1.82) is 0 Å². The van der Waals surface area contributed by atoms with E-state index in [0.717, 1.165) is 18.7 Å². The van der Waals surface area contributed by atoms with Crippen molar-refractivity contribution >= 4 is 0 Å². The van der Waals surface area contributed by atoms with Gasteiger partial charge in [0.05, 0.1) is 0 Å². The van der Waals surface area contributed by atoms with Crippen molar-refractivity contribution < 1.29 is 10.2 Å². The van der Waals surface area contributed by atoms with E-state index in [-0.39, 0.29) is 11.5 Å². The summed E-state index contributed by atoms with van der Waals surface area (Å²) in [4.78, 5) is 0. The highest BCUT2D eigenvalue weighted by molar-refractivity contribution is 5.40. The second kappa shape index (κ2) is 5.61. The zero-order valence-electron chi connectivity index (χ0n) is 11.1. The maximum atomic E-state index is 9.42. The Morgan fingerprint density at radius 2 is 1.83 bits per heavy atom. The minimum atomic E-state index is -0.0574. The van der Waals surface area contributed by atoms with Crippen molar-refractivity contribution in [2.24, 2.45) is 5.41 Å². The van der Waals surface area contributed by atoms with Crippen molar-refractivity contribution in [2.75, 3.05) is 6.54 Å². The van der Waals surface area contributed by atoms with E-state index in [9.17, 15) is 10.2 Å². The smallest absolute Gasteiger partial charge is 0.157 e. The molecule has 0 bridgehead atoms. The molecular weight excluding hydrogens is 226 g/mol. The normalized spacial score (nSPS) is 18.7. The molecule has 1 aromatic carbocycles. The number of rotatable bonds is 4. The zero-order valence-corrected chi connectivity index (χ0v) is 11.1. The van der Waals surface area contributed by atoms with E-state index in [0.29, 0.717) is 5.41 Å². The van der Waals surface area contributed by atoms with Gasteiger partial charge in [-0.2, -0.15) is 0 Å². The number of hydrogen-bond acceptors (Lipinski definition) is 3. The summed E-state index contributed by atoms with van der Waals surface area (Å²) in [6.07, 6.45) is 6.68. The quantitative estimate of drug-likeness (QED) is 0.718. The lowest BCUT2D eigenvalue weighted by Crippen LogP contribution is -2.33. The molecule has 2 rings (SSSR count). The highest BCUT2D eigenvalue weighted by atomic mass is 16.3. The highest BCUT2D eigenvalue weighted by Gasteiger charge is 2.25. The largest absolute Gasteiger partial charge is 0.504 e. The van der Waals surface area contributed by atoms with Crippen LogP contribution in [0.1, 0.15) is 44.6 Å². The van der Waals surface area contributed by atoms with E-state index in [1.54, 1.807) is 6.07 Å². The molecule has 18 heavy (non-hydrogen) atoms. The van der Waals surface area contributed by atoms with Gasteiger partial charge in [0, 0.05) is 13.1 Å². The average molecular weight is 249 g/mol. The third kappa shape index (κ3) is 3.39. The van der Waals surface area contributed by atoms with Crippen molar-refractivity contribution in [1.82, 2.24) is 5.32 Å². The number of nitrogens with one attached hydrogen (secondary N) is 1. The molecule has 0 aromatic heterocycles. The fourth-order valence-corrected chi connectivity index (χ4v) is 2.77. The Labute approximate surface area is 109 Å². The predicted molar refractivity (Wildman–Crippen MR) is 72.7 cm³/mol. The van der Waals surface area contributed by atoms with Crippen LogP contribution in [0.3, 0.4) is 0 Å². The van der Waals surface area contributed by atoms with Crippen LogP contribution in [-0.2, 0) is 6.54 Å². The maximum Gasteiger partial charge on any atom is 0.157 e. The van der Waals surface area contributed by atoms with E-state index in [2.05, 4.69) is 12.2 Å². The third-order valence-electron chi connectivity index (χ3n) is 3.98. The lowest BCUT2D eigenvalue weighted by molar-refractivity contribution is 0.207. The van der Waals surface area contributed by atoms with Crippen LogP contribution in [0.25, 0.3) is 0 Å². The average Bonchev–Trinajstić information content (AvgIpc) is 2.34. The second-order valence-corrected chi connectivity index (χ2v) is 5.80. The molecule has 3 heteroatoms. The van der Waals surface area contributed by atoms with Gasteiger partial charge in [0.1, 0.15) is 0 Å². The molecular formula is C15H23NO2. The number of phenols is 2. The Kier molecular flexibility index (Phi) is 4.12. The first-order valence-electron chi connectivity index (χ1n) is 6.81. The monoisotopic (exact) mass is 249 g/mol. The van der Waals surface area contributed by atoms with E-state index in [1.165, 1.54) is 38.2 Å². The van der Waals surface area contributed by atoms with Gasteiger partial charge >= 0.3 is 0 Å². The molecule has 0 amide bonds. The van der Waals surface area contributed by atoms with Crippen LogP contribution in [0.15, 0.2) is 18.2 Å². The fourth-order valence-electron chi connectivity index (χ4n) is 2.77. The Hall–Kier alpha value is -1.22. The minimum Gasteiger partial charge on any atom is -0.504 e. The highest BCUT2D eigenvalue weighted by Crippen LogP contribution is 2.35. The molecule has 0 radical (unpaired) electrons. The van der Waals surface area contributed by atoms with E-state index in [1.807, 2.05) is 6.07 Å². The molecule has 0 unspecified atom stereocenters. The van der Waals surface area contributed by atoms with Crippen LogP contribution < -0.4 is 5.32 Å². The first-order chi connectivity index (χ1) is 8.59. The summed E-state index contributed by atoms with van der Waals surface area (Å²) in [5.74, 6) is -0.101. The summed E-state index contributed by atoms with van der Waals surface area (Å²) in [5, 5.41) is 22.1. The van der Waals surface area contributed by atoms with E-state index in [4.69, 9.17) is 0 Å². The Morgan fingerprint density at radius 3 is 2.50 bits per heavy atom. The molecule has 0 spiro atoms. The number of hydrogen-bond donors (Lipinski definition) is 3. The Bertz CT molecular complexity index is 397. The summed E-state index contributed by atoms with van der Waals surface area (Å²) >= 11 is 0. The fraction of sp³-hybridized carbons (Fsp3) is 0.600. The first kappa shape index (κ1) is 13.2. The molecule has 1 aliphatic carbocycles. The molecule has 100 valence electrons. The van der Waals surface area contributed by atoms with Gasteiger partial charge in [-0.3, -0.25) is 0 Å². The van der Waals surface area contributed by atoms with Crippen molar-refractivity contribution in [3.8, 4) is 11.5 Å². The lowest BCUT2D eigenvalue weighted by Gasteiger charge is -2.33. The third-order valence-corrected chi connectivity index (χ3v) is 3.98. The van der Waals surface area contributed by atoms with Crippen molar-refractivity contribution in [3.63, 3.8) is 0 Å². The van der Waals surface area contributed by atoms with Crippen LogP contribution in [0.2, 0.25) is 0 Å². The summed E-state index contributed by atoms with van der Waals surface area (Å²) in [5.41, 5.74) is 1.43. The summed E-state index contributed by atoms with van der Waals surface area (Å²) < 4.78 is 0. The van der Waals surface area contributed by atoms with Gasteiger partial charge < -0.3 is 15.5 Å². The molecule has 0 heterocycles. The number of phenolic OH excluding ortho intramolecular Hbond substituents is 2. The standard InChI is InChI=1S/C15H23NO2/c1-15(7-3-2-4-8-15)11-16-10-12-5-6-13(17)14(18)9-12/h5-6,9,16-18H,2-4,7-8,10-11H2,1H3. The van der Waals surface area contributed by atoms with Crippen molar-refractivity contribution in [3.05, 3.63) is 23.8 Å². The first-order valence-corrected chi connectivity index (χ1v) is 6.81. The van der Waals surface area contributed by atoms with Gasteiger partial charge in [0.15, 0.2) is 11.5 Å². The molecule has 0 saturated heterocycles. The molecule has 0 atom stereocenters. The van der Waals surface area contributed by atoms with Gasteiger partial charge in [-0.05, 0) is 36.0 Å². The summed E-state index contributed by atoms with van der Waals surface area (Å²) in [6, 6.07) is 4.99. The van der Waals surface area contributed by atoms with Crippen molar-refractivity contribution in [2.45, 2.75) is 45.6 Å². The second-order valence-electron chi connectivity index (χ2n) is 5.80. The van der Waals surface area contributed by atoms with Crippen LogP contribution in [-0.4, -0.2) is 16.8 Å². The van der Waals surface area contributed by atoms with Gasteiger partial charge in [0.25, 0.3) is 0 Å². The molecule has 0 aliphatic heterocycles. The van der Waals surface area contributed by atoms with Gasteiger partial charge in [0.2, 0.25) is 0 Å². The SMILES string of the molecule is CC1(CNCc2ccc(O)c(O)c2)CCCCC1. The molecule has 1 aliphatic rings. The summed E-state index contributed by atoms with van der Waals surface area (Å²) in [6.45, 7) is 4.12. The minimum absolute atomic E-state index is 0.0434. The number of benzene rings is 1. The van der Waals surface area contributed by atoms with Gasteiger partial charge in [-0.15, -0.1) is 0 Å². The van der Waals surface area contributed by atoms with Gasteiger partial charge in [-0.1, -0.05) is 32.3 Å². The van der Waals surface area contributed by atoms with E-state index >= 15 is 0 Å².